The molecule has 11 heteroatoms. The predicted molar refractivity (Wildman–Crippen MR) is 158 cm³/mol. The standard InChI is InChI=1S/C34H26O11/c1-33(23-11-3-19(4-12-23)27(35)36,24-13-5-20(6-14-24)28(37)38)31(43)45-32(44)34(2,25-15-7-21(8-16-25)29(39)40)26-17-9-22(10-18-26)30(41)42/h3-18H,1-2H3,(H,35,36)(H,37,38)(H,39,40)(H,41,42). The van der Waals surface area contributed by atoms with Crippen molar-refractivity contribution in [2.24, 2.45) is 0 Å². The van der Waals surface area contributed by atoms with Crippen LogP contribution in [0.25, 0.3) is 0 Å². The summed E-state index contributed by atoms with van der Waals surface area (Å²) in [5, 5.41) is 37.4. The van der Waals surface area contributed by atoms with E-state index < -0.39 is 46.6 Å². The van der Waals surface area contributed by atoms with Gasteiger partial charge in [0, 0.05) is 0 Å². The molecule has 4 rings (SSSR count). The summed E-state index contributed by atoms with van der Waals surface area (Å²) in [7, 11) is 0. The molecule has 0 saturated carbocycles. The van der Waals surface area contributed by atoms with Crippen LogP contribution < -0.4 is 0 Å². The van der Waals surface area contributed by atoms with Crippen molar-refractivity contribution in [3.63, 3.8) is 0 Å². The molecule has 0 aliphatic rings. The SMILES string of the molecule is CC(C(=O)OC(=O)C(C)(c1ccc(C(=O)O)cc1)c1ccc(C(=O)O)cc1)(c1ccc(C(=O)O)cc1)c1ccc(C(=O)O)cc1. The highest BCUT2D eigenvalue weighted by atomic mass is 16.6. The maximum absolute atomic E-state index is 14.1. The van der Waals surface area contributed by atoms with Crippen LogP contribution >= 0.6 is 0 Å². The van der Waals surface area contributed by atoms with Crippen LogP contribution in [-0.2, 0) is 25.2 Å². The summed E-state index contributed by atoms with van der Waals surface area (Å²) in [6.45, 7) is 2.88. The molecule has 0 atom stereocenters. The maximum atomic E-state index is 14.1. The molecule has 0 aliphatic carbocycles. The third kappa shape index (κ3) is 6.04. The molecule has 0 unspecified atom stereocenters. The monoisotopic (exact) mass is 610 g/mol. The number of hydrogen-bond acceptors (Lipinski definition) is 7. The van der Waals surface area contributed by atoms with Crippen LogP contribution in [0.4, 0.5) is 0 Å². The lowest BCUT2D eigenvalue weighted by Gasteiger charge is -2.32. The maximum Gasteiger partial charge on any atom is 0.335 e. The molecule has 0 amide bonds. The molecule has 0 bridgehead atoms. The molecule has 0 heterocycles. The van der Waals surface area contributed by atoms with Crippen molar-refractivity contribution >= 4 is 35.8 Å². The number of ether oxygens (including phenoxy) is 1. The first kappa shape index (κ1) is 31.8. The number of benzene rings is 4. The summed E-state index contributed by atoms with van der Waals surface area (Å²) in [6.07, 6.45) is 0. The zero-order valence-electron chi connectivity index (χ0n) is 23.9. The molecule has 4 N–H and O–H groups in total. The number of hydrogen-bond donors (Lipinski definition) is 4. The molecule has 4 aromatic carbocycles. The smallest absolute Gasteiger partial charge is 0.335 e. The molecule has 0 radical (unpaired) electrons. The van der Waals surface area contributed by atoms with E-state index in [1.165, 1.54) is 111 Å². The van der Waals surface area contributed by atoms with Crippen molar-refractivity contribution in [1.82, 2.24) is 0 Å². The van der Waals surface area contributed by atoms with Crippen molar-refractivity contribution < 1.29 is 53.9 Å². The normalized spacial score (nSPS) is 11.3. The second kappa shape index (κ2) is 12.3. The van der Waals surface area contributed by atoms with Crippen LogP contribution in [0.1, 0.15) is 77.5 Å². The number of carboxylic acid groups (broad SMARTS) is 4. The van der Waals surface area contributed by atoms with E-state index in [1.54, 1.807) is 0 Å². The predicted octanol–water partition coefficient (Wildman–Crippen LogP) is 4.86. The first-order valence-electron chi connectivity index (χ1n) is 13.3. The number of carbonyl (C=O) groups is 6. The van der Waals surface area contributed by atoms with E-state index in [1.807, 2.05) is 0 Å². The Bertz CT molecular complexity index is 1550. The van der Waals surface area contributed by atoms with E-state index in [4.69, 9.17) is 4.74 Å². The number of carbonyl (C=O) groups excluding carboxylic acids is 2. The van der Waals surface area contributed by atoms with Gasteiger partial charge in [0.05, 0.1) is 22.3 Å². The Morgan fingerprint density at radius 1 is 0.400 bits per heavy atom. The Morgan fingerprint density at radius 2 is 0.578 bits per heavy atom. The lowest BCUT2D eigenvalue weighted by Crippen LogP contribution is -2.43. The molecule has 0 fully saturated rings. The second-order valence-electron chi connectivity index (χ2n) is 10.5. The molecule has 11 nitrogen and oxygen atoms in total. The van der Waals surface area contributed by atoms with Gasteiger partial charge < -0.3 is 25.2 Å². The van der Waals surface area contributed by atoms with Gasteiger partial charge in [-0.2, -0.15) is 0 Å². The summed E-state index contributed by atoms with van der Waals surface area (Å²) >= 11 is 0. The fourth-order valence-corrected chi connectivity index (χ4v) is 4.88. The summed E-state index contributed by atoms with van der Waals surface area (Å²) in [4.78, 5) is 74.0. The van der Waals surface area contributed by atoms with Crippen LogP contribution in [0.5, 0.6) is 0 Å². The molecule has 45 heavy (non-hydrogen) atoms. The Kier molecular flexibility index (Phi) is 8.67. The quantitative estimate of drug-likeness (QED) is 0.142. The third-order valence-electron chi connectivity index (χ3n) is 7.84. The Balaban J connectivity index is 1.83. The molecular formula is C34H26O11. The van der Waals surface area contributed by atoms with Gasteiger partial charge in [0.2, 0.25) is 0 Å². The van der Waals surface area contributed by atoms with Gasteiger partial charge >= 0.3 is 35.8 Å². The zero-order valence-corrected chi connectivity index (χ0v) is 23.9. The van der Waals surface area contributed by atoms with Crippen LogP contribution in [-0.4, -0.2) is 56.2 Å². The average Bonchev–Trinajstić information content (AvgIpc) is 3.04. The van der Waals surface area contributed by atoms with Crippen LogP contribution in [0.15, 0.2) is 97.1 Å². The van der Waals surface area contributed by atoms with Crippen LogP contribution in [0.3, 0.4) is 0 Å². The highest BCUT2D eigenvalue weighted by molar-refractivity contribution is 6.00. The highest BCUT2D eigenvalue weighted by Crippen LogP contribution is 2.38. The van der Waals surface area contributed by atoms with Crippen molar-refractivity contribution in [1.29, 1.82) is 0 Å². The van der Waals surface area contributed by atoms with Gasteiger partial charge in [-0.3, -0.25) is 9.59 Å². The summed E-state index contributed by atoms with van der Waals surface area (Å²) < 4.78 is 5.57. The number of carboxylic acids is 4. The topological polar surface area (TPSA) is 193 Å². The summed E-state index contributed by atoms with van der Waals surface area (Å²) in [6, 6.07) is 21.3. The third-order valence-corrected chi connectivity index (χ3v) is 7.84. The lowest BCUT2D eigenvalue weighted by molar-refractivity contribution is -0.165. The molecule has 0 saturated heterocycles. The van der Waals surface area contributed by atoms with E-state index in [2.05, 4.69) is 0 Å². The Labute approximate surface area is 256 Å². The van der Waals surface area contributed by atoms with E-state index in [9.17, 15) is 49.2 Å². The fraction of sp³-hybridized carbons (Fsp3) is 0.118. The van der Waals surface area contributed by atoms with Crippen molar-refractivity contribution in [2.75, 3.05) is 0 Å². The molecule has 0 spiro atoms. The fourth-order valence-electron chi connectivity index (χ4n) is 4.88. The minimum atomic E-state index is -1.75. The second-order valence-corrected chi connectivity index (χ2v) is 10.5. The largest absolute Gasteiger partial charge is 0.478 e. The van der Waals surface area contributed by atoms with E-state index in [-0.39, 0.29) is 44.5 Å². The van der Waals surface area contributed by atoms with Gasteiger partial charge in [-0.1, -0.05) is 48.5 Å². The summed E-state index contributed by atoms with van der Waals surface area (Å²) in [5.74, 6) is -6.96. The van der Waals surface area contributed by atoms with Crippen LogP contribution in [0.2, 0.25) is 0 Å². The van der Waals surface area contributed by atoms with Gasteiger partial charge in [0.1, 0.15) is 10.8 Å². The molecule has 4 aromatic rings. The first-order chi connectivity index (χ1) is 21.2. The van der Waals surface area contributed by atoms with Crippen molar-refractivity contribution in [3.05, 3.63) is 142 Å². The number of esters is 2. The van der Waals surface area contributed by atoms with Crippen LogP contribution in [0, 0.1) is 0 Å². The first-order valence-corrected chi connectivity index (χ1v) is 13.3. The average molecular weight is 611 g/mol. The summed E-state index contributed by atoms with van der Waals surface area (Å²) in [5.41, 5.74) is -2.77. The minimum absolute atomic E-state index is 0.0611. The molecule has 0 aliphatic heterocycles. The molecule has 228 valence electrons. The Hall–Kier alpha value is -6.10. The van der Waals surface area contributed by atoms with Gasteiger partial charge in [0.15, 0.2) is 0 Å². The molecule has 0 aromatic heterocycles. The minimum Gasteiger partial charge on any atom is -0.478 e. The van der Waals surface area contributed by atoms with E-state index in [0.29, 0.717) is 0 Å². The Morgan fingerprint density at radius 3 is 0.733 bits per heavy atom. The lowest BCUT2D eigenvalue weighted by atomic mass is 9.74. The van der Waals surface area contributed by atoms with E-state index in [0.717, 1.165) is 0 Å². The number of aromatic carboxylic acids is 4. The number of rotatable bonds is 10. The van der Waals surface area contributed by atoms with Crippen molar-refractivity contribution in [2.45, 2.75) is 24.7 Å². The van der Waals surface area contributed by atoms with Crippen molar-refractivity contribution in [3.8, 4) is 0 Å². The van der Waals surface area contributed by atoms with Gasteiger partial charge in [-0.05, 0) is 84.6 Å². The molecular weight excluding hydrogens is 584 g/mol. The highest BCUT2D eigenvalue weighted by Gasteiger charge is 2.45. The zero-order chi connectivity index (χ0) is 33.1. The van der Waals surface area contributed by atoms with Gasteiger partial charge in [-0.15, -0.1) is 0 Å². The van der Waals surface area contributed by atoms with Gasteiger partial charge in [-0.25, -0.2) is 19.2 Å². The van der Waals surface area contributed by atoms with Gasteiger partial charge in [0.25, 0.3) is 0 Å². The van der Waals surface area contributed by atoms with E-state index >= 15 is 0 Å².